The molecule has 2 heterocycles. The first-order valence-corrected chi connectivity index (χ1v) is 5.59. The molecule has 2 rings (SSSR count). The van der Waals surface area contributed by atoms with Crippen LogP contribution in [0.15, 0.2) is 18.5 Å². The van der Waals surface area contributed by atoms with E-state index in [1.54, 1.807) is 9.36 Å². The van der Waals surface area contributed by atoms with Crippen LogP contribution in [0.25, 0.3) is 0 Å². The molecule has 15 heavy (non-hydrogen) atoms. The maximum Gasteiger partial charge on any atom is 0.0960 e. The second kappa shape index (κ2) is 4.14. The second-order valence-electron chi connectivity index (χ2n) is 3.44. The summed E-state index contributed by atoms with van der Waals surface area (Å²) in [5, 5.41) is 12.4. The molecule has 0 spiro atoms. The summed E-state index contributed by atoms with van der Waals surface area (Å²) in [6.07, 6.45) is 3.84. The van der Waals surface area contributed by atoms with Gasteiger partial charge in [-0.25, -0.2) is 4.68 Å². The molecule has 0 saturated heterocycles. The van der Waals surface area contributed by atoms with E-state index in [0.29, 0.717) is 6.54 Å². The van der Waals surface area contributed by atoms with Gasteiger partial charge in [-0.1, -0.05) is 21.1 Å². The number of aryl methyl sites for hydroxylation is 1. The van der Waals surface area contributed by atoms with Crippen molar-refractivity contribution in [3.63, 3.8) is 0 Å². The first-order chi connectivity index (χ1) is 7.15. The van der Waals surface area contributed by atoms with Gasteiger partial charge in [0.15, 0.2) is 0 Å². The minimum atomic E-state index is 0.231. The molecule has 0 saturated carbocycles. The first-order valence-electron chi connectivity index (χ1n) is 4.68. The lowest BCUT2D eigenvalue weighted by molar-refractivity contribution is 0.624. The second-order valence-corrected chi connectivity index (χ2v) is 4.81. The van der Waals surface area contributed by atoms with Crippen LogP contribution >= 0.6 is 15.9 Å². The third-order valence-corrected chi connectivity index (χ3v) is 2.53. The fourth-order valence-electron chi connectivity index (χ4n) is 1.29. The molecule has 5 nitrogen and oxygen atoms in total. The summed E-state index contributed by atoms with van der Waals surface area (Å²) in [6, 6.07) is 1.97. The van der Waals surface area contributed by atoms with Crippen LogP contribution in [0.5, 0.6) is 0 Å². The van der Waals surface area contributed by atoms with Gasteiger partial charge in [-0.15, -0.1) is 5.10 Å². The van der Waals surface area contributed by atoms with Gasteiger partial charge in [0.25, 0.3) is 0 Å². The van der Waals surface area contributed by atoms with Gasteiger partial charge in [0.2, 0.25) is 0 Å². The predicted molar refractivity (Wildman–Crippen MR) is 59.7 cm³/mol. The Morgan fingerprint density at radius 1 is 1.53 bits per heavy atom. The Morgan fingerprint density at radius 3 is 2.87 bits per heavy atom. The molecule has 2 aromatic rings. The van der Waals surface area contributed by atoms with Crippen LogP contribution in [0.3, 0.4) is 0 Å². The van der Waals surface area contributed by atoms with Gasteiger partial charge < -0.3 is 0 Å². The molecule has 6 heteroatoms. The highest BCUT2D eigenvalue weighted by atomic mass is 79.9. The molecular weight excluding hydrogens is 258 g/mol. The SMILES string of the molecule is CC(Br)c1cn(Cc2ccn(C)n2)nn1. The number of hydrogen-bond acceptors (Lipinski definition) is 3. The fourth-order valence-corrected chi connectivity index (χ4v) is 1.50. The van der Waals surface area contributed by atoms with Gasteiger partial charge in [-0.3, -0.25) is 4.68 Å². The third-order valence-electron chi connectivity index (χ3n) is 2.06. The van der Waals surface area contributed by atoms with Crippen molar-refractivity contribution in [1.29, 1.82) is 0 Å². The number of hydrogen-bond donors (Lipinski definition) is 0. The van der Waals surface area contributed by atoms with Crippen LogP contribution in [0.1, 0.15) is 23.1 Å². The lowest BCUT2D eigenvalue weighted by atomic mass is 10.4. The van der Waals surface area contributed by atoms with Gasteiger partial charge >= 0.3 is 0 Å². The minimum Gasteiger partial charge on any atom is -0.275 e. The Labute approximate surface area is 96.2 Å². The highest BCUT2D eigenvalue weighted by molar-refractivity contribution is 9.09. The smallest absolute Gasteiger partial charge is 0.0960 e. The lowest BCUT2D eigenvalue weighted by Crippen LogP contribution is -2.01. The van der Waals surface area contributed by atoms with Gasteiger partial charge in [0, 0.05) is 13.2 Å². The molecule has 80 valence electrons. The fraction of sp³-hybridized carbons (Fsp3) is 0.444. The molecule has 2 aromatic heterocycles. The summed E-state index contributed by atoms with van der Waals surface area (Å²) in [6.45, 7) is 2.68. The van der Waals surface area contributed by atoms with E-state index in [1.807, 2.05) is 32.4 Å². The van der Waals surface area contributed by atoms with Crippen molar-refractivity contribution in [3.8, 4) is 0 Å². The number of rotatable bonds is 3. The molecule has 0 amide bonds. The van der Waals surface area contributed by atoms with E-state index >= 15 is 0 Å². The summed E-state index contributed by atoms with van der Waals surface area (Å²) in [5.74, 6) is 0. The Bertz CT molecular complexity index is 445. The van der Waals surface area contributed by atoms with Crippen LogP contribution in [0.2, 0.25) is 0 Å². The van der Waals surface area contributed by atoms with Crippen molar-refractivity contribution in [3.05, 3.63) is 29.8 Å². The molecule has 0 bridgehead atoms. The zero-order chi connectivity index (χ0) is 10.8. The molecule has 1 unspecified atom stereocenters. The molecule has 1 atom stereocenters. The summed E-state index contributed by atoms with van der Waals surface area (Å²) >= 11 is 3.45. The highest BCUT2D eigenvalue weighted by Crippen LogP contribution is 2.18. The van der Waals surface area contributed by atoms with Crippen LogP contribution < -0.4 is 0 Å². The van der Waals surface area contributed by atoms with Crippen molar-refractivity contribution in [2.75, 3.05) is 0 Å². The summed E-state index contributed by atoms with van der Waals surface area (Å²) in [4.78, 5) is 0.231. The van der Waals surface area contributed by atoms with E-state index in [0.717, 1.165) is 11.4 Å². The van der Waals surface area contributed by atoms with Crippen LogP contribution in [0.4, 0.5) is 0 Å². The molecule has 0 aliphatic heterocycles. The van der Waals surface area contributed by atoms with Crippen molar-refractivity contribution >= 4 is 15.9 Å². The quantitative estimate of drug-likeness (QED) is 0.794. The van der Waals surface area contributed by atoms with Gasteiger partial charge in [0.05, 0.1) is 29.0 Å². The maximum absolute atomic E-state index is 4.28. The van der Waals surface area contributed by atoms with E-state index in [2.05, 4.69) is 31.3 Å². The predicted octanol–water partition coefficient (Wildman–Crippen LogP) is 1.52. The van der Waals surface area contributed by atoms with E-state index in [9.17, 15) is 0 Å². The third kappa shape index (κ3) is 2.44. The van der Waals surface area contributed by atoms with Gasteiger partial charge in [-0.05, 0) is 13.0 Å². The largest absolute Gasteiger partial charge is 0.275 e. The number of nitrogens with zero attached hydrogens (tertiary/aromatic N) is 5. The van der Waals surface area contributed by atoms with E-state index < -0.39 is 0 Å². The molecule has 0 aromatic carbocycles. The highest BCUT2D eigenvalue weighted by Gasteiger charge is 2.07. The van der Waals surface area contributed by atoms with Crippen molar-refractivity contribution in [2.24, 2.45) is 7.05 Å². The van der Waals surface area contributed by atoms with Crippen LogP contribution in [-0.4, -0.2) is 24.8 Å². The average Bonchev–Trinajstić information content (AvgIpc) is 2.76. The topological polar surface area (TPSA) is 48.5 Å². The van der Waals surface area contributed by atoms with Crippen molar-refractivity contribution in [2.45, 2.75) is 18.3 Å². The summed E-state index contributed by atoms with van der Waals surface area (Å²) in [7, 11) is 1.90. The average molecular weight is 270 g/mol. The lowest BCUT2D eigenvalue weighted by Gasteiger charge is -1.95. The zero-order valence-corrected chi connectivity index (χ0v) is 10.2. The molecule has 0 radical (unpaired) electrons. The van der Waals surface area contributed by atoms with E-state index in [-0.39, 0.29) is 4.83 Å². The normalized spacial score (nSPS) is 13.0. The molecule has 0 fully saturated rings. The zero-order valence-electron chi connectivity index (χ0n) is 8.63. The summed E-state index contributed by atoms with van der Waals surface area (Å²) < 4.78 is 3.57. The number of halogens is 1. The Hall–Kier alpha value is -1.17. The monoisotopic (exact) mass is 269 g/mol. The number of alkyl halides is 1. The Balaban J connectivity index is 2.11. The Morgan fingerprint density at radius 2 is 2.33 bits per heavy atom. The Kier molecular flexibility index (Phi) is 2.86. The van der Waals surface area contributed by atoms with Crippen molar-refractivity contribution in [1.82, 2.24) is 24.8 Å². The van der Waals surface area contributed by atoms with E-state index in [4.69, 9.17) is 0 Å². The van der Waals surface area contributed by atoms with Crippen molar-refractivity contribution < 1.29 is 0 Å². The standard InChI is InChI=1S/C9H12BrN5/c1-7(10)9-6-15(13-11-9)5-8-3-4-14(2)12-8/h3-4,6-7H,5H2,1-2H3. The molecule has 0 N–H and O–H groups in total. The van der Waals surface area contributed by atoms with Crippen LogP contribution in [0, 0.1) is 0 Å². The van der Waals surface area contributed by atoms with Crippen LogP contribution in [-0.2, 0) is 13.6 Å². The maximum atomic E-state index is 4.28. The minimum absolute atomic E-state index is 0.231. The first kappa shape index (κ1) is 10.4. The number of aromatic nitrogens is 5. The van der Waals surface area contributed by atoms with E-state index in [1.165, 1.54) is 0 Å². The molecule has 0 aliphatic rings. The van der Waals surface area contributed by atoms with Gasteiger partial charge in [-0.2, -0.15) is 5.10 Å². The van der Waals surface area contributed by atoms with Gasteiger partial charge in [0.1, 0.15) is 0 Å². The molecule has 0 aliphatic carbocycles. The molecular formula is C9H12BrN5. The summed E-state index contributed by atoms with van der Waals surface area (Å²) in [5.41, 5.74) is 1.92.